The molecular formula is C17H17F3N2O3S2. The Morgan fingerprint density at radius 1 is 1.33 bits per heavy atom. The minimum absolute atomic E-state index is 0.0546. The zero-order valence-electron chi connectivity index (χ0n) is 14.3. The van der Waals surface area contributed by atoms with Gasteiger partial charge in [0, 0.05) is 4.88 Å². The van der Waals surface area contributed by atoms with Crippen molar-refractivity contribution in [3.8, 4) is 0 Å². The van der Waals surface area contributed by atoms with Gasteiger partial charge in [-0.1, -0.05) is 13.0 Å². The van der Waals surface area contributed by atoms with Crippen LogP contribution in [0.2, 0.25) is 0 Å². The highest BCUT2D eigenvalue weighted by Crippen LogP contribution is 2.40. The number of primary amides is 1. The monoisotopic (exact) mass is 418 g/mol. The van der Waals surface area contributed by atoms with Crippen molar-refractivity contribution in [1.82, 2.24) is 0 Å². The topological polar surface area (TPSA) is 89.3 Å². The number of hydrogen-bond donors (Lipinski definition) is 2. The Balaban J connectivity index is 2.01. The summed E-state index contributed by atoms with van der Waals surface area (Å²) >= 11 is 1.11. The number of carbonyl (C=O) groups is 1. The third-order valence-electron chi connectivity index (χ3n) is 4.46. The van der Waals surface area contributed by atoms with Crippen LogP contribution >= 0.6 is 11.3 Å². The maximum absolute atomic E-state index is 12.9. The molecule has 1 aromatic carbocycles. The fourth-order valence-corrected chi connectivity index (χ4v) is 5.87. The predicted octanol–water partition coefficient (Wildman–Crippen LogP) is 3.79. The number of alkyl halides is 3. The molecule has 27 heavy (non-hydrogen) atoms. The number of anilines is 1. The first-order chi connectivity index (χ1) is 12.5. The summed E-state index contributed by atoms with van der Waals surface area (Å²) in [6, 6.07) is 3.44. The molecule has 10 heteroatoms. The number of sulfonamides is 1. The lowest BCUT2D eigenvalue weighted by atomic mass is 9.88. The minimum Gasteiger partial charge on any atom is -0.365 e. The molecule has 1 aliphatic rings. The Morgan fingerprint density at radius 2 is 2.04 bits per heavy atom. The molecule has 1 aliphatic carbocycles. The third-order valence-corrected chi connectivity index (χ3v) is 7.10. The number of halogens is 3. The number of nitrogens with two attached hydrogens (primary N) is 1. The Labute approximate surface area is 158 Å². The molecule has 0 fully saturated rings. The second kappa shape index (κ2) is 6.83. The Morgan fingerprint density at radius 3 is 2.67 bits per heavy atom. The summed E-state index contributed by atoms with van der Waals surface area (Å²) in [7, 11) is -4.31. The predicted molar refractivity (Wildman–Crippen MR) is 96.3 cm³/mol. The molecule has 0 aliphatic heterocycles. The van der Waals surface area contributed by atoms with Crippen molar-refractivity contribution in [3.05, 3.63) is 45.8 Å². The number of hydrogen-bond acceptors (Lipinski definition) is 4. The second-order valence-corrected chi connectivity index (χ2v) is 9.34. The average Bonchev–Trinajstić information content (AvgIpc) is 2.90. The Hall–Kier alpha value is -2.07. The van der Waals surface area contributed by atoms with Crippen LogP contribution in [0.5, 0.6) is 0 Å². The van der Waals surface area contributed by atoms with Crippen LogP contribution in [0.25, 0.3) is 0 Å². The van der Waals surface area contributed by atoms with Crippen molar-refractivity contribution in [3.63, 3.8) is 0 Å². The van der Waals surface area contributed by atoms with Gasteiger partial charge in [-0.25, -0.2) is 8.42 Å². The molecule has 0 radical (unpaired) electrons. The number of rotatable bonds is 4. The van der Waals surface area contributed by atoms with E-state index in [1.54, 1.807) is 0 Å². The van der Waals surface area contributed by atoms with Gasteiger partial charge in [-0.3, -0.25) is 9.52 Å². The van der Waals surface area contributed by atoms with Crippen molar-refractivity contribution in [2.24, 2.45) is 11.7 Å². The molecule has 2 aromatic rings. The zero-order chi connectivity index (χ0) is 20.0. The van der Waals surface area contributed by atoms with Crippen LogP contribution < -0.4 is 10.5 Å². The molecule has 146 valence electrons. The van der Waals surface area contributed by atoms with Crippen molar-refractivity contribution in [2.45, 2.75) is 37.3 Å². The van der Waals surface area contributed by atoms with Gasteiger partial charge >= 0.3 is 6.18 Å². The van der Waals surface area contributed by atoms with Gasteiger partial charge in [-0.05, 0) is 48.9 Å². The quantitative estimate of drug-likeness (QED) is 0.792. The van der Waals surface area contributed by atoms with Gasteiger partial charge in [0.15, 0.2) is 0 Å². The van der Waals surface area contributed by atoms with Gasteiger partial charge in [0.05, 0.1) is 16.0 Å². The summed E-state index contributed by atoms with van der Waals surface area (Å²) in [5.41, 5.74) is 5.21. The number of amides is 1. The number of benzene rings is 1. The Bertz CT molecular complexity index is 997. The zero-order valence-corrected chi connectivity index (χ0v) is 15.9. The number of thiophene rings is 1. The molecule has 0 bridgehead atoms. The Kier molecular flexibility index (Phi) is 4.98. The van der Waals surface area contributed by atoms with Crippen molar-refractivity contribution in [1.29, 1.82) is 0 Å². The van der Waals surface area contributed by atoms with E-state index in [1.165, 1.54) is 0 Å². The van der Waals surface area contributed by atoms with Crippen molar-refractivity contribution < 1.29 is 26.4 Å². The van der Waals surface area contributed by atoms with Gasteiger partial charge in [-0.15, -0.1) is 11.3 Å². The number of nitrogens with one attached hydrogen (secondary N) is 1. The molecule has 0 saturated carbocycles. The lowest BCUT2D eigenvalue weighted by Gasteiger charge is -2.18. The molecule has 0 spiro atoms. The highest BCUT2D eigenvalue weighted by molar-refractivity contribution is 7.93. The minimum atomic E-state index is -4.66. The van der Waals surface area contributed by atoms with E-state index in [2.05, 4.69) is 11.6 Å². The number of carbonyl (C=O) groups excluding carboxylic acids is 1. The first-order valence-electron chi connectivity index (χ1n) is 8.13. The molecule has 1 heterocycles. The van der Waals surface area contributed by atoms with E-state index < -0.39 is 32.6 Å². The van der Waals surface area contributed by atoms with Crippen molar-refractivity contribution >= 4 is 32.3 Å². The van der Waals surface area contributed by atoms with E-state index in [4.69, 9.17) is 5.73 Å². The lowest BCUT2D eigenvalue weighted by Crippen LogP contribution is -2.20. The van der Waals surface area contributed by atoms with Gasteiger partial charge in [0.25, 0.3) is 15.9 Å². The normalized spacial score (nSPS) is 17.4. The summed E-state index contributed by atoms with van der Waals surface area (Å²) in [5, 5.41) is 0.0546. The van der Waals surface area contributed by atoms with Crippen molar-refractivity contribution in [2.75, 3.05) is 4.72 Å². The fourth-order valence-electron chi connectivity index (χ4n) is 3.10. The highest BCUT2D eigenvalue weighted by atomic mass is 32.2. The van der Waals surface area contributed by atoms with Gasteiger partial charge in [-0.2, -0.15) is 13.2 Å². The fraction of sp³-hybridized carbons (Fsp3) is 0.353. The number of fused-ring (bicyclic) bond motifs is 1. The molecule has 0 unspecified atom stereocenters. The van der Waals surface area contributed by atoms with E-state index in [-0.39, 0.29) is 10.6 Å². The van der Waals surface area contributed by atoms with Gasteiger partial charge in [0.2, 0.25) is 0 Å². The first kappa shape index (κ1) is 19.7. The van der Waals surface area contributed by atoms with Crippen LogP contribution in [-0.2, 0) is 29.0 Å². The van der Waals surface area contributed by atoms with Gasteiger partial charge in [0.1, 0.15) is 5.00 Å². The summed E-state index contributed by atoms with van der Waals surface area (Å²) in [6.07, 6.45) is -2.51. The van der Waals surface area contributed by atoms with E-state index in [9.17, 15) is 26.4 Å². The lowest BCUT2D eigenvalue weighted by molar-refractivity contribution is -0.137. The second-order valence-electron chi connectivity index (χ2n) is 6.55. The maximum atomic E-state index is 12.9. The van der Waals surface area contributed by atoms with E-state index >= 15 is 0 Å². The third kappa shape index (κ3) is 3.96. The largest absolute Gasteiger partial charge is 0.416 e. The summed E-state index contributed by atoms with van der Waals surface area (Å²) < 4.78 is 66.1. The molecule has 3 N–H and O–H groups in total. The SMILES string of the molecule is C[C@@H]1CCc2c(sc(NS(=O)(=O)c3cccc(C(F)(F)F)c3)c2C(N)=O)C1. The molecule has 1 amide bonds. The van der Waals surface area contributed by atoms with Crippen LogP contribution in [0.15, 0.2) is 29.2 Å². The maximum Gasteiger partial charge on any atom is 0.416 e. The van der Waals surface area contributed by atoms with Crippen LogP contribution in [0, 0.1) is 5.92 Å². The molecule has 1 atom stereocenters. The van der Waals surface area contributed by atoms with Crippen LogP contribution in [0.3, 0.4) is 0 Å². The van der Waals surface area contributed by atoms with Crippen LogP contribution in [0.4, 0.5) is 18.2 Å². The highest BCUT2D eigenvalue weighted by Gasteiger charge is 2.33. The van der Waals surface area contributed by atoms with Crippen LogP contribution in [0.1, 0.15) is 39.7 Å². The molecule has 0 saturated heterocycles. The summed E-state index contributed by atoms with van der Waals surface area (Å²) in [4.78, 5) is 12.2. The molecule has 3 rings (SSSR count). The summed E-state index contributed by atoms with van der Waals surface area (Å²) in [5.74, 6) is -0.367. The molecule has 1 aromatic heterocycles. The first-order valence-corrected chi connectivity index (χ1v) is 10.4. The van der Waals surface area contributed by atoms with Crippen LogP contribution in [-0.4, -0.2) is 14.3 Å². The molecular weight excluding hydrogens is 401 g/mol. The van der Waals surface area contributed by atoms with Gasteiger partial charge < -0.3 is 5.73 Å². The van der Waals surface area contributed by atoms with E-state index in [0.29, 0.717) is 24.8 Å². The van der Waals surface area contributed by atoms with E-state index in [1.807, 2.05) is 0 Å². The average molecular weight is 418 g/mol. The molecule has 5 nitrogen and oxygen atoms in total. The van der Waals surface area contributed by atoms with E-state index in [0.717, 1.165) is 46.4 Å². The standard InChI is InChI=1S/C17H17F3N2O3S2/c1-9-5-6-12-13(7-9)26-16(14(12)15(21)23)22-27(24,25)11-4-2-3-10(8-11)17(18,19)20/h2-4,8-9,22H,5-7H2,1H3,(H2,21,23)/t9-/m1/s1. The smallest absolute Gasteiger partial charge is 0.365 e. The summed E-state index contributed by atoms with van der Waals surface area (Å²) in [6.45, 7) is 2.05.